The maximum atomic E-state index is 4.13. The molecule has 8 aromatic carbocycles. The molecule has 4 aliphatic rings. The van der Waals surface area contributed by atoms with Gasteiger partial charge in [0, 0.05) is 69.9 Å². The van der Waals surface area contributed by atoms with E-state index in [4.69, 9.17) is 0 Å². The van der Waals surface area contributed by atoms with E-state index in [-0.39, 0.29) is 27.1 Å². The van der Waals surface area contributed by atoms with Gasteiger partial charge in [-0.25, -0.2) is 0 Å². The van der Waals surface area contributed by atoms with E-state index in [9.17, 15) is 0 Å². The average Bonchev–Trinajstić information content (AvgIpc) is 4.01. The highest BCUT2D eigenvalue weighted by molar-refractivity contribution is 7.26. The molecule has 344 valence electrons. The predicted molar refractivity (Wildman–Crippen MR) is 304 cm³/mol. The van der Waals surface area contributed by atoms with E-state index in [1.165, 1.54) is 144 Å². The third-order valence-electron chi connectivity index (χ3n) is 18.0. The monoisotopic (exact) mass is 924 g/mol. The van der Waals surface area contributed by atoms with Crippen LogP contribution in [0.5, 0.6) is 0 Å². The normalized spacial score (nSPS) is 17.2. The van der Waals surface area contributed by atoms with Crippen molar-refractivity contribution in [3.8, 4) is 39.1 Å². The first-order chi connectivity index (χ1) is 33.3. The van der Waals surface area contributed by atoms with E-state index in [0.717, 1.165) is 18.7 Å². The number of rotatable bonds is 3. The first-order valence-corrected chi connectivity index (χ1v) is 26.6. The van der Waals surface area contributed by atoms with Gasteiger partial charge >= 0.3 is 0 Å². The minimum Gasteiger partial charge on any atom is -0.355 e. The molecule has 0 saturated heterocycles. The molecule has 0 saturated carbocycles. The summed E-state index contributed by atoms with van der Waals surface area (Å²) in [5.41, 5.74) is 27.2. The van der Waals surface area contributed by atoms with Crippen LogP contribution in [0.2, 0.25) is 0 Å². The number of aromatic nitrogens is 1. The number of fused-ring (bicyclic) bond motifs is 16. The molecule has 0 fully saturated rings. The van der Waals surface area contributed by atoms with Crippen molar-refractivity contribution in [3.05, 3.63) is 172 Å². The third-order valence-corrected chi connectivity index (χ3v) is 19.2. The molecule has 1 aliphatic heterocycles. The van der Waals surface area contributed by atoms with Gasteiger partial charge in [0.05, 0.1) is 5.52 Å². The second-order valence-electron chi connectivity index (χ2n) is 24.8. The fourth-order valence-electron chi connectivity index (χ4n) is 13.9. The summed E-state index contributed by atoms with van der Waals surface area (Å²) in [6.45, 7) is 26.5. The molecule has 70 heavy (non-hydrogen) atoms. The lowest BCUT2D eigenvalue weighted by molar-refractivity contribution is 0.332. The first-order valence-electron chi connectivity index (χ1n) is 25.8. The molecule has 1 N–H and O–H groups in total. The van der Waals surface area contributed by atoms with E-state index in [2.05, 4.69) is 220 Å². The van der Waals surface area contributed by atoms with Gasteiger partial charge in [0.15, 0.2) is 7.28 Å². The second-order valence-corrected chi connectivity index (χ2v) is 25.9. The maximum absolute atomic E-state index is 4.13. The summed E-state index contributed by atoms with van der Waals surface area (Å²) in [6, 6.07) is 52.4. The summed E-state index contributed by atoms with van der Waals surface area (Å²) in [7, 11) is 0.844. The van der Waals surface area contributed by atoms with Crippen LogP contribution in [0.3, 0.4) is 0 Å². The average molecular weight is 925 g/mol. The van der Waals surface area contributed by atoms with Crippen molar-refractivity contribution in [2.24, 2.45) is 0 Å². The van der Waals surface area contributed by atoms with Gasteiger partial charge in [0.25, 0.3) is 0 Å². The number of nitrogens with one attached hydrogen (secondary N) is 1. The number of thiophene rings is 1. The summed E-state index contributed by atoms with van der Waals surface area (Å²) in [4.78, 5) is 0. The van der Waals surface area contributed by atoms with Crippen LogP contribution in [0.1, 0.15) is 128 Å². The van der Waals surface area contributed by atoms with Gasteiger partial charge in [0.2, 0.25) is 0 Å². The fraction of sp³-hybridized carbons (Fsp3) is 0.273. The van der Waals surface area contributed by atoms with Crippen LogP contribution in [0, 0.1) is 0 Å². The molecule has 0 atom stereocenters. The highest BCUT2D eigenvalue weighted by Gasteiger charge is 2.42. The van der Waals surface area contributed by atoms with Gasteiger partial charge in [-0.15, -0.1) is 11.3 Å². The van der Waals surface area contributed by atoms with Crippen LogP contribution in [0.25, 0.3) is 81.0 Å². The van der Waals surface area contributed by atoms with Crippen molar-refractivity contribution in [1.82, 2.24) is 4.57 Å². The quantitative estimate of drug-likeness (QED) is 0.175. The van der Waals surface area contributed by atoms with Gasteiger partial charge in [-0.3, -0.25) is 0 Å². The largest absolute Gasteiger partial charge is 0.355 e. The highest BCUT2D eigenvalue weighted by Crippen LogP contribution is 2.56. The van der Waals surface area contributed by atoms with Gasteiger partial charge in [0.1, 0.15) is 0 Å². The van der Waals surface area contributed by atoms with E-state index in [1.54, 1.807) is 0 Å². The zero-order valence-electron chi connectivity index (χ0n) is 42.7. The number of hydrogen-bond donors (Lipinski definition) is 1. The molecule has 2 nitrogen and oxygen atoms in total. The van der Waals surface area contributed by atoms with Gasteiger partial charge < -0.3 is 9.88 Å². The number of benzene rings is 8. The lowest BCUT2D eigenvalue weighted by Gasteiger charge is -2.42. The fourth-order valence-corrected chi connectivity index (χ4v) is 15.2. The van der Waals surface area contributed by atoms with Crippen LogP contribution in [0.15, 0.2) is 133 Å². The van der Waals surface area contributed by atoms with Crippen molar-refractivity contribution in [2.75, 3.05) is 5.32 Å². The minimum absolute atomic E-state index is 0.0622. The summed E-state index contributed by atoms with van der Waals surface area (Å²) >= 11 is 1.99. The van der Waals surface area contributed by atoms with Crippen LogP contribution in [-0.2, 0) is 27.1 Å². The van der Waals surface area contributed by atoms with Crippen molar-refractivity contribution in [3.63, 3.8) is 0 Å². The van der Waals surface area contributed by atoms with Crippen LogP contribution >= 0.6 is 11.3 Å². The molecule has 14 rings (SSSR count). The Bertz CT molecular complexity index is 3970. The van der Waals surface area contributed by atoms with E-state index in [0.29, 0.717) is 0 Å². The Kier molecular flexibility index (Phi) is 8.34. The Morgan fingerprint density at radius 2 is 1.14 bits per heavy atom. The van der Waals surface area contributed by atoms with Crippen LogP contribution in [-0.4, -0.2) is 11.8 Å². The zero-order valence-corrected chi connectivity index (χ0v) is 43.5. The van der Waals surface area contributed by atoms with E-state index in [1.807, 2.05) is 11.3 Å². The number of hydrogen-bond acceptors (Lipinski definition) is 2. The molecule has 0 unspecified atom stereocenters. The van der Waals surface area contributed by atoms with Gasteiger partial charge in [-0.05, 0) is 150 Å². The molecular weight excluding hydrogens is 864 g/mol. The SMILES string of the molecule is CC(C)(C)c1ccc(Nc2cc3c(cc2-c2c4c5c(c6cc7c(cc6n5-c5cc6c(cc5B4)C(C)(C)c4ccccc4-6)C(C)(C)CCC7(C)C)c4c2sc2ccccc24)-c2ccccc2C3(C)C)cc1. The first kappa shape index (κ1) is 42.5. The topological polar surface area (TPSA) is 17.0 Å². The molecule has 4 heteroatoms. The number of nitrogens with zero attached hydrogens (tertiary/aromatic N) is 1. The molecule has 3 heterocycles. The van der Waals surface area contributed by atoms with Gasteiger partial charge in [-0.2, -0.15) is 0 Å². The van der Waals surface area contributed by atoms with Crippen molar-refractivity contribution in [2.45, 2.75) is 116 Å². The molecule has 0 radical (unpaired) electrons. The molecule has 0 spiro atoms. The Hall–Kier alpha value is -6.36. The summed E-state index contributed by atoms with van der Waals surface area (Å²) in [5.74, 6) is 0. The van der Waals surface area contributed by atoms with E-state index < -0.39 is 0 Å². The lowest BCUT2D eigenvalue weighted by Crippen LogP contribution is -2.38. The summed E-state index contributed by atoms with van der Waals surface area (Å²) in [6.07, 6.45) is 2.36. The second kappa shape index (κ2) is 13.7. The summed E-state index contributed by atoms with van der Waals surface area (Å²) < 4.78 is 5.48. The Labute approximate surface area is 418 Å². The Morgan fingerprint density at radius 3 is 1.81 bits per heavy atom. The zero-order chi connectivity index (χ0) is 48.2. The van der Waals surface area contributed by atoms with Crippen molar-refractivity contribution >= 4 is 82.9 Å². The minimum atomic E-state index is -0.154. The molecule has 0 bridgehead atoms. The Morgan fingerprint density at radius 1 is 0.543 bits per heavy atom. The standard InChI is InChI=1S/C66H61BN2S/c1-62(2,3)36-24-26-37(27-25-36)68-52-34-48-41(38-18-12-15-21-45(38)66(48,10)11)30-43(52)58-59-60-56(57-40-20-14-17-23-55(40)70-61(57)58)44-31-49-50(64(6,7)29-28-63(49,4)5)35-53(44)69(60)54-32-42-39-19-13-16-22-46(39)65(8,9)47(42)33-51(54)67-59/h12-27,30-35,67-68H,28-29H2,1-11H3. The number of anilines is 2. The summed E-state index contributed by atoms with van der Waals surface area (Å²) in [5, 5.41) is 9.67. The third kappa shape index (κ3) is 5.58. The maximum Gasteiger partial charge on any atom is 0.198 e. The molecular formula is C66H61BN2S. The highest BCUT2D eigenvalue weighted by atomic mass is 32.1. The van der Waals surface area contributed by atoms with Crippen molar-refractivity contribution < 1.29 is 0 Å². The molecule has 0 amide bonds. The molecule has 3 aliphatic carbocycles. The molecule has 2 aromatic heterocycles. The molecule has 10 aromatic rings. The lowest BCUT2D eigenvalue weighted by atomic mass is 9.58. The van der Waals surface area contributed by atoms with Crippen LogP contribution < -0.4 is 16.2 Å². The van der Waals surface area contributed by atoms with Crippen molar-refractivity contribution in [1.29, 1.82) is 0 Å². The van der Waals surface area contributed by atoms with E-state index >= 15 is 0 Å². The predicted octanol–water partition coefficient (Wildman–Crippen LogP) is 16.5. The smallest absolute Gasteiger partial charge is 0.198 e. The van der Waals surface area contributed by atoms with Gasteiger partial charge in [-0.1, -0.05) is 167 Å². The Balaban J connectivity index is 1.16. The van der Waals surface area contributed by atoms with Crippen LogP contribution in [0.4, 0.5) is 11.4 Å².